The predicted octanol–water partition coefficient (Wildman–Crippen LogP) is 3.67. The number of rotatable bonds is 4. The molecule has 0 aliphatic carbocycles. The van der Waals surface area contributed by atoms with Gasteiger partial charge in [-0.1, -0.05) is 0 Å². The third-order valence-corrected chi connectivity index (χ3v) is 5.95. The van der Waals surface area contributed by atoms with E-state index >= 15 is 0 Å². The standard InChI is InChI=1S/C18H21BrFN3OS/c1-21(2)16-5-3-13(11-15(16)20)18(24)23-9-7-22(8-10-23)12-14-4-6-17(19)25-14/h3-6,11H,7-10,12H2,1-2H3. The first-order valence-corrected chi connectivity index (χ1v) is 9.77. The number of thiophene rings is 1. The minimum Gasteiger partial charge on any atom is -0.375 e. The van der Waals surface area contributed by atoms with E-state index < -0.39 is 0 Å². The summed E-state index contributed by atoms with van der Waals surface area (Å²) in [6, 6.07) is 8.89. The molecule has 0 atom stereocenters. The average molecular weight is 426 g/mol. The molecule has 7 heteroatoms. The third kappa shape index (κ3) is 4.40. The summed E-state index contributed by atoms with van der Waals surface area (Å²) in [5.74, 6) is -0.458. The lowest BCUT2D eigenvalue weighted by Crippen LogP contribution is -2.48. The number of piperazine rings is 1. The first-order valence-electron chi connectivity index (χ1n) is 8.17. The lowest BCUT2D eigenvalue weighted by atomic mass is 10.1. The fourth-order valence-electron chi connectivity index (χ4n) is 2.95. The molecule has 3 rings (SSSR count). The Balaban J connectivity index is 1.59. The summed E-state index contributed by atoms with van der Waals surface area (Å²) >= 11 is 5.22. The Morgan fingerprint density at radius 2 is 1.92 bits per heavy atom. The summed E-state index contributed by atoms with van der Waals surface area (Å²) in [4.78, 5) is 19.8. The lowest BCUT2D eigenvalue weighted by Gasteiger charge is -2.34. The largest absolute Gasteiger partial charge is 0.375 e. The molecule has 0 bridgehead atoms. The molecule has 2 aromatic rings. The van der Waals surface area contributed by atoms with Crippen molar-refractivity contribution in [1.29, 1.82) is 0 Å². The fourth-order valence-corrected chi connectivity index (χ4v) is 4.48. The Morgan fingerprint density at radius 3 is 2.48 bits per heavy atom. The van der Waals surface area contributed by atoms with Crippen LogP contribution in [0.15, 0.2) is 34.1 Å². The Hall–Kier alpha value is -1.44. The van der Waals surface area contributed by atoms with Crippen molar-refractivity contribution in [1.82, 2.24) is 9.80 Å². The number of benzene rings is 1. The van der Waals surface area contributed by atoms with E-state index in [1.807, 2.05) is 4.90 Å². The van der Waals surface area contributed by atoms with Crippen molar-refractivity contribution < 1.29 is 9.18 Å². The molecule has 134 valence electrons. The quantitative estimate of drug-likeness (QED) is 0.747. The fraction of sp³-hybridized carbons (Fsp3) is 0.389. The second-order valence-corrected chi connectivity index (χ2v) is 8.88. The molecular weight excluding hydrogens is 405 g/mol. The van der Waals surface area contributed by atoms with Gasteiger partial charge in [-0.3, -0.25) is 9.69 Å². The van der Waals surface area contributed by atoms with Gasteiger partial charge in [0.1, 0.15) is 5.82 Å². The zero-order valence-electron chi connectivity index (χ0n) is 14.3. The number of carbonyl (C=O) groups excluding carboxylic acids is 1. The molecule has 1 aliphatic heterocycles. The molecule has 1 fully saturated rings. The molecule has 1 aromatic carbocycles. The van der Waals surface area contributed by atoms with Crippen LogP contribution in [0.4, 0.5) is 10.1 Å². The molecule has 25 heavy (non-hydrogen) atoms. The molecule has 0 radical (unpaired) electrons. The van der Waals surface area contributed by atoms with Crippen LogP contribution in [-0.2, 0) is 6.54 Å². The molecule has 1 aromatic heterocycles. The van der Waals surface area contributed by atoms with Gasteiger partial charge in [0.2, 0.25) is 0 Å². The van der Waals surface area contributed by atoms with Gasteiger partial charge in [0, 0.05) is 57.3 Å². The van der Waals surface area contributed by atoms with Crippen molar-refractivity contribution in [2.75, 3.05) is 45.2 Å². The number of hydrogen-bond donors (Lipinski definition) is 0. The van der Waals surface area contributed by atoms with Crippen LogP contribution in [0.1, 0.15) is 15.2 Å². The minimum absolute atomic E-state index is 0.0947. The van der Waals surface area contributed by atoms with E-state index in [2.05, 4.69) is 33.0 Å². The number of anilines is 1. The zero-order valence-corrected chi connectivity index (χ0v) is 16.7. The molecule has 4 nitrogen and oxygen atoms in total. The molecule has 0 spiro atoms. The van der Waals surface area contributed by atoms with Crippen molar-refractivity contribution in [3.05, 3.63) is 50.4 Å². The second-order valence-electron chi connectivity index (χ2n) is 6.33. The molecule has 0 saturated carbocycles. The van der Waals surface area contributed by atoms with Gasteiger partial charge in [0.05, 0.1) is 9.47 Å². The molecule has 0 unspecified atom stereocenters. The first kappa shape index (κ1) is 18.4. The summed E-state index contributed by atoms with van der Waals surface area (Å²) in [6.45, 7) is 3.91. The van der Waals surface area contributed by atoms with Crippen LogP contribution >= 0.6 is 27.3 Å². The predicted molar refractivity (Wildman–Crippen MR) is 104 cm³/mol. The van der Waals surface area contributed by atoms with Crippen LogP contribution in [0.5, 0.6) is 0 Å². The highest BCUT2D eigenvalue weighted by Gasteiger charge is 2.23. The second kappa shape index (κ2) is 7.85. The number of hydrogen-bond acceptors (Lipinski definition) is 4. The highest BCUT2D eigenvalue weighted by atomic mass is 79.9. The first-order chi connectivity index (χ1) is 11.9. The molecule has 0 N–H and O–H groups in total. The monoisotopic (exact) mass is 425 g/mol. The number of carbonyl (C=O) groups is 1. The maximum Gasteiger partial charge on any atom is 0.254 e. The van der Waals surface area contributed by atoms with Crippen molar-refractivity contribution in [3.8, 4) is 0 Å². The van der Waals surface area contributed by atoms with Crippen molar-refractivity contribution in [2.24, 2.45) is 0 Å². The van der Waals surface area contributed by atoms with E-state index in [0.29, 0.717) is 24.3 Å². The molecule has 1 saturated heterocycles. The van der Waals surface area contributed by atoms with Crippen molar-refractivity contribution in [2.45, 2.75) is 6.54 Å². The SMILES string of the molecule is CN(C)c1ccc(C(=O)N2CCN(Cc3ccc(Br)s3)CC2)cc1F. The summed E-state index contributed by atoms with van der Waals surface area (Å²) in [6.07, 6.45) is 0. The van der Waals surface area contributed by atoms with Crippen LogP contribution in [0, 0.1) is 5.82 Å². The van der Waals surface area contributed by atoms with E-state index in [1.54, 1.807) is 42.5 Å². The number of nitrogens with zero attached hydrogens (tertiary/aromatic N) is 3. The van der Waals surface area contributed by atoms with Crippen LogP contribution < -0.4 is 4.90 Å². The van der Waals surface area contributed by atoms with Crippen LogP contribution in [0.25, 0.3) is 0 Å². The summed E-state index contributed by atoms with van der Waals surface area (Å²) in [5.41, 5.74) is 0.905. The maximum absolute atomic E-state index is 14.1. The van der Waals surface area contributed by atoms with Gasteiger partial charge in [-0.15, -0.1) is 11.3 Å². The van der Waals surface area contributed by atoms with Gasteiger partial charge >= 0.3 is 0 Å². The van der Waals surface area contributed by atoms with Crippen molar-refractivity contribution in [3.63, 3.8) is 0 Å². The topological polar surface area (TPSA) is 26.8 Å². The van der Waals surface area contributed by atoms with E-state index in [9.17, 15) is 9.18 Å². The van der Waals surface area contributed by atoms with E-state index in [1.165, 1.54) is 10.9 Å². The van der Waals surface area contributed by atoms with E-state index in [0.717, 1.165) is 23.4 Å². The molecule has 1 aliphatic rings. The molecule has 1 amide bonds. The number of amides is 1. The minimum atomic E-state index is -0.363. The summed E-state index contributed by atoms with van der Waals surface area (Å²) in [5, 5.41) is 0. The van der Waals surface area contributed by atoms with Gasteiger partial charge in [0.15, 0.2) is 0 Å². The van der Waals surface area contributed by atoms with Gasteiger partial charge in [-0.25, -0.2) is 4.39 Å². The number of halogens is 2. The Bertz CT molecular complexity index is 757. The smallest absolute Gasteiger partial charge is 0.254 e. The Morgan fingerprint density at radius 1 is 1.20 bits per heavy atom. The van der Waals surface area contributed by atoms with E-state index in [-0.39, 0.29) is 11.7 Å². The maximum atomic E-state index is 14.1. The Kier molecular flexibility index (Phi) is 5.76. The molecule has 2 heterocycles. The van der Waals surface area contributed by atoms with Crippen LogP contribution in [-0.4, -0.2) is 56.0 Å². The van der Waals surface area contributed by atoms with Gasteiger partial charge in [-0.05, 0) is 46.3 Å². The lowest BCUT2D eigenvalue weighted by molar-refractivity contribution is 0.0629. The van der Waals surface area contributed by atoms with Gasteiger partial charge in [-0.2, -0.15) is 0 Å². The summed E-state index contributed by atoms with van der Waals surface area (Å²) in [7, 11) is 3.57. The average Bonchev–Trinajstić information content (AvgIpc) is 2.99. The third-order valence-electron chi connectivity index (χ3n) is 4.34. The Labute approximate surface area is 160 Å². The van der Waals surface area contributed by atoms with Gasteiger partial charge < -0.3 is 9.80 Å². The normalized spacial score (nSPS) is 15.4. The van der Waals surface area contributed by atoms with Crippen molar-refractivity contribution >= 4 is 38.9 Å². The van der Waals surface area contributed by atoms with Gasteiger partial charge in [0.25, 0.3) is 5.91 Å². The van der Waals surface area contributed by atoms with Crippen LogP contribution in [0.2, 0.25) is 0 Å². The van der Waals surface area contributed by atoms with E-state index in [4.69, 9.17) is 0 Å². The molecular formula is C18H21BrFN3OS. The zero-order chi connectivity index (χ0) is 18.0. The highest BCUT2D eigenvalue weighted by Crippen LogP contribution is 2.24. The summed E-state index contributed by atoms with van der Waals surface area (Å²) < 4.78 is 15.2. The highest BCUT2D eigenvalue weighted by molar-refractivity contribution is 9.11. The van der Waals surface area contributed by atoms with Crippen LogP contribution in [0.3, 0.4) is 0 Å².